The third-order valence-corrected chi connectivity index (χ3v) is 4.96. The van der Waals surface area contributed by atoms with Gasteiger partial charge in [0, 0.05) is 34.2 Å². The van der Waals surface area contributed by atoms with Crippen LogP contribution in [0.1, 0.15) is 39.2 Å². The van der Waals surface area contributed by atoms with Crippen LogP contribution in [0, 0.1) is 5.41 Å². The van der Waals surface area contributed by atoms with E-state index in [0.717, 1.165) is 18.4 Å². The van der Waals surface area contributed by atoms with Gasteiger partial charge in [-0.15, -0.1) is 0 Å². The Morgan fingerprint density at radius 2 is 1.78 bits per heavy atom. The number of likely N-dealkylation sites (tertiary alicyclic amines) is 1. The fourth-order valence-electron chi connectivity index (χ4n) is 3.52. The van der Waals surface area contributed by atoms with E-state index in [1.165, 1.54) is 0 Å². The van der Waals surface area contributed by atoms with Gasteiger partial charge in [-0.2, -0.15) is 0 Å². The molecule has 1 atom stereocenters. The highest BCUT2D eigenvalue weighted by Gasteiger charge is 2.46. The van der Waals surface area contributed by atoms with Gasteiger partial charge in [-0.25, -0.2) is 9.80 Å². The molecule has 0 radical (unpaired) electrons. The topological polar surface area (TPSA) is 53.1 Å². The highest BCUT2D eigenvalue weighted by molar-refractivity contribution is 5.84. The molecule has 0 N–H and O–H groups in total. The molecule has 1 unspecified atom stereocenters. The molecule has 0 spiro atoms. The summed E-state index contributed by atoms with van der Waals surface area (Å²) in [5.41, 5.74) is -0.111. The Hall–Kier alpha value is -2.08. The zero-order valence-electron chi connectivity index (χ0n) is 17.5. The quantitative estimate of drug-likeness (QED) is 0.759. The number of piperidine rings is 1. The van der Waals surface area contributed by atoms with E-state index in [-0.39, 0.29) is 12.0 Å². The van der Waals surface area contributed by atoms with Gasteiger partial charge in [0.15, 0.2) is 0 Å². The molecule has 1 fully saturated rings. The van der Waals surface area contributed by atoms with Crippen molar-refractivity contribution in [2.75, 3.05) is 34.2 Å². The van der Waals surface area contributed by atoms with E-state index in [1.54, 1.807) is 22.0 Å². The van der Waals surface area contributed by atoms with Crippen molar-refractivity contribution in [3.8, 4) is 0 Å². The standard InChI is InChI=1S/C21H33N3O3/c1-20(2,3)27-19(26)24-14-10-13-21(16-24,18(25)23(6)22(4)5)15-17-11-8-7-9-12-17/h7-9,11-12H,10,13-16H2,1-6H3. The SMILES string of the molecule is CN(C)N(C)C(=O)C1(Cc2ccccc2)CCCN(C(=O)OC(C)(C)C)C1. The molecule has 1 saturated heterocycles. The number of rotatable bonds is 4. The van der Waals surface area contributed by atoms with Gasteiger partial charge in [-0.3, -0.25) is 9.80 Å². The number of ether oxygens (including phenoxy) is 1. The second-order valence-electron chi connectivity index (χ2n) is 8.62. The van der Waals surface area contributed by atoms with Crippen LogP contribution in [0.25, 0.3) is 0 Å². The number of hydrogen-bond donors (Lipinski definition) is 0. The zero-order chi connectivity index (χ0) is 20.2. The lowest BCUT2D eigenvalue weighted by Gasteiger charge is -2.44. The molecular formula is C21H33N3O3. The van der Waals surface area contributed by atoms with Crippen LogP contribution in [-0.2, 0) is 16.0 Å². The maximum Gasteiger partial charge on any atom is 0.410 e. The van der Waals surface area contributed by atoms with Gasteiger partial charge in [-0.1, -0.05) is 30.3 Å². The number of benzene rings is 1. The molecule has 0 aromatic heterocycles. The Labute approximate surface area is 163 Å². The summed E-state index contributed by atoms with van der Waals surface area (Å²) in [6.07, 6.45) is 1.78. The number of carbonyl (C=O) groups is 2. The second kappa shape index (κ2) is 8.30. The highest BCUT2D eigenvalue weighted by atomic mass is 16.6. The predicted molar refractivity (Wildman–Crippen MR) is 106 cm³/mol. The van der Waals surface area contributed by atoms with Crippen molar-refractivity contribution in [2.45, 2.75) is 45.6 Å². The van der Waals surface area contributed by atoms with Gasteiger partial charge in [-0.05, 0) is 45.6 Å². The maximum absolute atomic E-state index is 13.4. The molecule has 1 aromatic rings. The van der Waals surface area contributed by atoms with Gasteiger partial charge in [0.05, 0.1) is 5.41 Å². The van der Waals surface area contributed by atoms with Crippen molar-refractivity contribution in [1.29, 1.82) is 0 Å². The fourth-order valence-corrected chi connectivity index (χ4v) is 3.52. The molecule has 27 heavy (non-hydrogen) atoms. The van der Waals surface area contributed by atoms with Crippen LogP contribution in [0.15, 0.2) is 30.3 Å². The Bertz CT molecular complexity index is 654. The summed E-state index contributed by atoms with van der Waals surface area (Å²) in [7, 11) is 5.48. The first kappa shape index (κ1) is 21.2. The lowest BCUT2D eigenvalue weighted by molar-refractivity contribution is -0.156. The Morgan fingerprint density at radius 1 is 1.15 bits per heavy atom. The summed E-state index contributed by atoms with van der Waals surface area (Å²) in [6, 6.07) is 10.0. The van der Waals surface area contributed by atoms with E-state index >= 15 is 0 Å². The summed E-state index contributed by atoms with van der Waals surface area (Å²) in [6.45, 7) is 6.56. The zero-order valence-corrected chi connectivity index (χ0v) is 17.5. The molecule has 0 bridgehead atoms. The van der Waals surface area contributed by atoms with Crippen molar-refractivity contribution in [1.82, 2.24) is 14.9 Å². The molecule has 6 heteroatoms. The molecule has 0 aliphatic carbocycles. The van der Waals surface area contributed by atoms with E-state index in [2.05, 4.69) is 0 Å². The van der Waals surface area contributed by atoms with Gasteiger partial charge >= 0.3 is 6.09 Å². The number of hydrogen-bond acceptors (Lipinski definition) is 4. The van der Waals surface area contributed by atoms with Crippen LogP contribution < -0.4 is 0 Å². The van der Waals surface area contributed by atoms with Crippen LogP contribution in [0.4, 0.5) is 4.79 Å². The fraction of sp³-hybridized carbons (Fsp3) is 0.619. The third-order valence-electron chi connectivity index (χ3n) is 4.96. The van der Waals surface area contributed by atoms with E-state index in [9.17, 15) is 9.59 Å². The Morgan fingerprint density at radius 3 is 2.33 bits per heavy atom. The largest absolute Gasteiger partial charge is 0.444 e. The summed E-state index contributed by atoms with van der Waals surface area (Å²) < 4.78 is 5.56. The molecule has 150 valence electrons. The highest BCUT2D eigenvalue weighted by Crippen LogP contribution is 2.36. The van der Waals surface area contributed by atoms with Crippen molar-refractivity contribution in [3.05, 3.63) is 35.9 Å². The van der Waals surface area contributed by atoms with Crippen molar-refractivity contribution in [3.63, 3.8) is 0 Å². The van der Waals surface area contributed by atoms with E-state index in [4.69, 9.17) is 4.74 Å². The van der Waals surface area contributed by atoms with Gasteiger partial charge in [0.25, 0.3) is 0 Å². The smallest absolute Gasteiger partial charge is 0.410 e. The molecule has 2 amide bonds. The minimum Gasteiger partial charge on any atom is -0.444 e. The minimum atomic E-state index is -0.657. The predicted octanol–water partition coefficient (Wildman–Crippen LogP) is 3.18. The van der Waals surface area contributed by atoms with E-state index in [1.807, 2.05) is 65.2 Å². The molecule has 1 heterocycles. The van der Waals surface area contributed by atoms with Crippen molar-refractivity contribution >= 4 is 12.0 Å². The number of hydrazine groups is 1. The first-order valence-electron chi connectivity index (χ1n) is 9.51. The molecule has 2 rings (SSSR count). The van der Waals surface area contributed by atoms with E-state index in [0.29, 0.717) is 19.5 Å². The van der Waals surface area contributed by atoms with Gasteiger partial charge in [0.2, 0.25) is 5.91 Å². The maximum atomic E-state index is 13.4. The Kier molecular flexibility index (Phi) is 6.52. The Balaban J connectivity index is 2.31. The summed E-state index contributed by atoms with van der Waals surface area (Å²) in [5.74, 6) is 0.0320. The number of nitrogens with zero attached hydrogens (tertiary/aromatic N) is 3. The first-order valence-corrected chi connectivity index (χ1v) is 9.51. The molecule has 1 aromatic carbocycles. The number of amides is 2. The number of carbonyl (C=O) groups excluding carboxylic acids is 2. The molecular weight excluding hydrogens is 342 g/mol. The molecule has 0 saturated carbocycles. The normalized spacial score (nSPS) is 20.5. The lowest BCUT2D eigenvalue weighted by Crippen LogP contribution is -2.57. The summed E-state index contributed by atoms with van der Waals surface area (Å²) in [5, 5.41) is 3.42. The summed E-state index contributed by atoms with van der Waals surface area (Å²) in [4.78, 5) is 27.8. The van der Waals surface area contributed by atoms with Crippen LogP contribution in [0.3, 0.4) is 0 Å². The third kappa shape index (κ3) is 5.45. The average Bonchev–Trinajstić information content (AvgIpc) is 2.60. The van der Waals surface area contributed by atoms with Crippen LogP contribution in [0.5, 0.6) is 0 Å². The average molecular weight is 376 g/mol. The van der Waals surface area contributed by atoms with Crippen molar-refractivity contribution < 1.29 is 14.3 Å². The van der Waals surface area contributed by atoms with Crippen LogP contribution in [-0.4, -0.2) is 66.8 Å². The van der Waals surface area contributed by atoms with Crippen molar-refractivity contribution in [2.24, 2.45) is 5.41 Å². The van der Waals surface area contributed by atoms with Gasteiger partial charge < -0.3 is 9.64 Å². The van der Waals surface area contributed by atoms with Gasteiger partial charge in [0.1, 0.15) is 5.60 Å². The first-order chi connectivity index (χ1) is 12.5. The minimum absolute atomic E-state index is 0.0320. The second-order valence-corrected chi connectivity index (χ2v) is 8.62. The lowest BCUT2D eigenvalue weighted by atomic mass is 9.74. The molecule has 1 aliphatic heterocycles. The monoisotopic (exact) mass is 375 g/mol. The van der Waals surface area contributed by atoms with Crippen LogP contribution in [0.2, 0.25) is 0 Å². The van der Waals surface area contributed by atoms with Crippen LogP contribution >= 0.6 is 0 Å². The summed E-state index contributed by atoms with van der Waals surface area (Å²) >= 11 is 0. The molecule has 6 nitrogen and oxygen atoms in total. The van der Waals surface area contributed by atoms with E-state index < -0.39 is 11.0 Å². The molecule has 1 aliphatic rings.